The van der Waals surface area contributed by atoms with Crippen LogP contribution < -0.4 is 10.6 Å². The van der Waals surface area contributed by atoms with E-state index in [4.69, 9.17) is 16.6 Å². The molecule has 0 radical (unpaired) electrons. The van der Waals surface area contributed by atoms with Gasteiger partial charge in [0.15, 0.2) is 5.11 Å². The normalized spacial score (nSPS) is 15.6. The molecule has 26 heavy (non-hydrogen) atoms. The largest absolute Gasteiger partial charge is 0.467 e. The predicted molar refractivity (Wildman–Crippen MR) is 106 cm³/mol. The number of sulfonamides is 1. The molecule has 1 aliphatic rings. The number of rotatable bonds is 5. The number of hydrogen-bond donors (Lipinski definition) is 2. The number of nitrogens with zero attached hydrogens (tertiary/aromatic N) is 1. The van der Waals surface area contributed by atoms with Crippen LogP contribution in [-0.4, -0.2) is 30.9 Å². The zero-order valence-electron chi connectivity index (χ0n) is 14.7. The van der Waals surface area contributed by atoms with Crippen LogP contribution in [0.2, 0.25) is 0 Å². The van der Waals surface area contributed by atoms with Gasteiger partial charge < -0.3 is 15.1 Å². The van der Waals surface area contributed by atoms with Gasteiger partial charge in [0.1, 0.15) is 5.76 Å². The molecular formula is C18H23N3O3S2. The van der Waals surface area contributed by atoms with E-state index in [1.807, 2.05) is 19.1 Å². The molecule has 2 heterocycles. The molecule has 1 aliphatic heterocycles. The van der Waals surface area contributed by atoms with E-state index in [-0.39, 0.29) is 0 Å². The number of furan rings is 1. The Labute approximate surface area is 159 Å². The molecular weight excluding hydrogens is 370 g/mol. The van der Waals surface area contributed by atoms with Gasteiger partial charge in [-0.1, -0.05) is 12.5 Å². The maximum atomic E-state index is 12.9. The Morgan fingerprint density at radius 2 is 2.00 bits per heavy atom. The van der Waals surface area contributed by atoms with Gasteiger partial charge in [0.25, 0.3) is 0 Å². The van der Waals surface area contributed by atoms with Crippen LogP contribution >= 0.6 is 12.2 Å². The Morgan fingerprint density at radius 3 is 2.69 bits per heavy atom. The third kappa shape index (κ3) is 4.44. The van der Waals surface area contributed by atoms with Crippen molar-refractivity contribution in [3.05, 3.63) is 47.9 Å². The van der Waals surface area contributed by atoms with Crippen molar-refractivity contribution < 1.29 is 12.8 Å². The summed E-state index contributed by atoms with van der Waals surface area (Å²) < 4.78 is 32.5. The lowest BCUT2D eigenvalue weighted by atomic mass is 10.2. The number of hydrogen-bond acceptors (Lipinski definition) is 4. The number of thiocarbonyl (C=S) groups is 1. The first-order valence-electron chi connectivity index (χ1n) is 8.65. The maximum Gasteiger partial charge on any atom is 0.243 e. The molecule has 140 valence electrons. The number of nitrogens with one attached hydrogen (secondary N) is 2. The van der Waals surface area contributed by atoms with Crippen molar-refractivity contribution in [3.63, 3.8) is 0 Å². The lowest BCUT2D eigenvalue weighted by molar-refractivity contribution is 0.346. The summed E-state index contributed by atoms with van der Waals surface area (Å²) in [6, 6.07) is 8.78. The van der Waals surface area contributed by atoms with Crippen molar-refractivity contribution in [3.8, 4) is 0 Å². The van der Waals surface area contributed by atoms with Gasteiger partial charge in [-0.05, 0) is 61.8 Å². The van der Waals surface area contributed by atoms with Crippen molar-refractivity contribution in [1.82, 2.24) is 9.62 Å². The molecule has 6 nitrogen and oxygen atoms in total. The van der Waals surface area contributed by atoms with Gasteiger partial charge >= 0.3 is 0 Å². The van der Waals surface area contributed by atoms with E-state index in [1.54, 1.807) is 28.8 Å². The second-order valence-corrected chi connectivity index (χ2v) is 8.67. The maximum absolute atomic E-state index is 12.9. The first-order valence-corrected chi connectivity index (χ1v) is 10.5. The lowest BCUT2D eigenvalue weighted by Gasteiger charge is -2.26. The van der Waals surface area contributed by atoms with Crippen molar-refractivity contribution >= 4 is 33.0 Å². The van der Waals surface area contributed by atoms with Gasteiger partial charge in [0, 0.05) is 18.8 Å². The zero-order valence-corrected chi connectivity index (χ0v) is 16.3. The molecule has 0 unspecified atom stereocenters. The van der Waals surface area contributed by atoms with E-state index in [0.717, 1.165) is 30.6 Å². The van der Waals surface area contributed by atoms with Gasteiger partial charge in [0.05, 0.1) is 17.7 Å². The second-order valence-electron chi connectivity index (χ2n) is 6.33. The van der Waals surface area contributed by atoms with Crippen LogP contribution in [0.15, 0.2) is 45.9 Å². The first kappa shape index (κ1) is 18.9. The van der Waals surface area contributed by atoms with Crippen LogP contribution in [0.4, 0.5) is 5.69 Å². The van der Waals surface area contributed by atoms with Crippen LogP contribution in [0.25, 0.3) is 0 Å². The van der Waals surface area contributed by atoms with Gasteiger partial charge in [-0.25, -0.2) is 8.42 Å². The Bertz CT molecular complexity index is 858. The Balaban J connectivity index is 1.71. The molecule has 0 spiro atoms. The van der Waals surface area contributed by atoms with E-state index in [1.165, 1.54) is 0 Å². The molecule has 1 saturated heterocycles. The standard InChI is InChI=1S/C18H23N3O3S2/c1-14-7-8-16(26(22,23)21-9-3-2-4-10-21)12-17(14)20-18(25)19-13-15-6-5-11-24-15/h5-8,11-12H,2-4,9-10,13H2,1H3,(H2,19,20,25). The Hall–Kier alpha value is -1.90. The molecule has 2 N–H and O–H groups in total. The fraction of sp³-hybridized carbons (Fsp3) is 0.389. The monoisotopic (exact) mass is 393 g/mol. The van der Waals surface area contributed by atoms with Crippen LogP contribution in [0.5, 0.6) is 0 Å². The van der Waals surface area contributed by atoms with Gasteiger partial charge in [-0.15, -0.1) is 0 Å². The van der Waals surface area contributed by atoms with Crippen LogP contribution in [0, 0.1) is 6.92 Å². The topological polar surface area (TPSA) is 74.6 Å². The summed E-state index contributed by atoms with van der Waals surface area (Å²) in [4.78, 5) is 0.293. The van der Waals surface area contributed by atoms with Crippen molar-refractivity contribution in [2.45, 2.75) is 37.6 Å². The number of benzene rings is 1. The van der Waals surface area contributed by atoms with E-state index in [9.17, 15) is 8.42 Å². The minimum atomic E-state index is -3.47. The average molecular weight is 394 g/mol. The molecule has 1 aromatic heterocycles. The van der Waals surface area contributed by atoms with E-state index in [0.29, 0.717) is 35.3 Å². The van der Waals surface area contributed by atoms with Gasteiger partial charge in [-0.2, -0.15) is 4.31 Å². The fourth-order valence-corrected chi connectivity index (χ4v) is 4.62. The predicted octanol–water partition coefficient (Wildman–Crippen LogP) is 3.25. The van der Waals surface area contributed by atoms with Crippen LogP contribution in [0.3, 0.4) is 0 Å². The third-order valence-corrected chi connectivity index (χ3v) is 6.55. The number of aryl methyl sites for hydroxylation is 1. The van der Waals surface area contributed by atoms with Crippen LogP contribution in [0.1, 0.15) is 30.6 Å². The van der Waals surface area contributed by atoms with E-state index < -0.39 is 10.0 Å². The highest BCUT2D eigenvalue weighted by molar-refractivity contribution is 7.89. The van der Waals surface area contributed by atoms with Crippen molar-refractivity contribution in [1.29, 1.82) is 0 Å². The summed E-state index contributed by atoms with van der Waals surface area (Å²) in [6.07, 6.45) is 4.52. The average Bonchev–Trinajstić information content (AvgIpc) is 3.16. The number of piperidine rings is 1. The minimum absolute atomic E-state index is 0.293. The second kappa shape index (κ2) is 8.20. The SMILES string of the molecule is Cc1ccc(S(=O)(=O)N2CCCCC2)cc1NC(=S)NCc1ccco1. The van der Waals surface area contributed by atoms with Crippen LogP contribution in [-0.2, 0) is 16.6 Å². The summed E-state index contributed by atoms with van der Waals surface area (Å²) in [7, 11) is -3.47. The molecule has 8 heteroatoms. The van der Waals surface area contributed by atoms with E-state index >= 15 is 0 Å². The molecule has 0 amide bonds. The highest BCUT2D eigenvalue weighted by Gasteiger charge is 2.26. The first-order chi connectivity index (χ1) is 12.5. The summed E-state index contributed by atoms with van der Waals surface area (Å²) in [5, 5.41) is 6.55. The molecule has 1 aromatic carbocycles. The minimum Gasteiger partial charge on any atom is -0.467 e. The number of anilines is 1. The molecule has 2 aromatic rings. The molecule has 3 rings (SSSR count). The third-order valence-electron chi connectivity index (χ3n) is 4.41. The molecule has 0 atom stereocenters. The lowest BCUT2D eigenvalue weighted by Crippen LogP contribution is -2.35. The summed E-state index contributed by atoms with van der Waals surface area (Å²) in [5.41, 5.74) is 1.60. The Kier molecular flexibility index (Phi) is 5.95. The molecule has 1 fully saturated rings. The summed E-state index contributed by atoms with van der Waals surface area (Å²) in [6.45, 7) is 3.54. The summed E-state index contributed by atoms with van der Waals surface area (Å²) in [5.74, 6) is 0.771. The van der Waals surface area contributed by atoms with E-state index in [2.05, 4.69) is 10.6 Å². The quantitative estimate of drug-likeness (QED) is 0.760. The Morgan fingerprint density at radius 1 is 1.23 bits per heavy atom. The highest BCUT2D eigenvalue weighted by Crippen LogP contribution is 2.25. The highest BCUT2D eigenvalue weighted by atomic mass is 32.2. The van der Waals surface area contributed by atoms with Gasteiger partial charge in [-0.3, -0.25) is 0 Å². The molecule has 0 bridgehead atoms. The summed E-state index contributed by atoms with van der Waals surface area (Å²) >= 11 is 5.31. The van der Waals surface area contributed by atoms with Gasteiger partial charge in [0.2, 0.25) is 10.0 Å². The van der Waals surface area contributed by atoms with Crippen molar-refractivity contribution in [2.75, 3.05) is 18.4 Å². The zero-order chi connectivity index (χ0) is 18.6. The molecule has 0 aliphatic carbocycles. The molecule has 0 saturated carbocycles. The van der Waals surface area contributed by atoms with Crippen molar-refractivity contribution in [2.24, 2.45) is 0 Å². The fourth-order valence-electron chi connectivity index (χ4n) is 2.90. The smallest absolute Gasteiger partial charge is 0.243 e.